The van der Waals surface area contributed by atoms with E-state index >= 15 is 0 Å². The second-order valence-corrected chi connectivity index (χ2v) is 4.99. The van der Waals surface area contributed by atoms with Gasteiger partial charge in [0.1, 0.15) is 12.4 Å². The van der Waals surface area contributed by atoms with E-state index in [0.717, 1.165) is 22.4 Å². The Labute approximate surface area is 114 Å². The van der Waals surface area contributed by atoms with Crippen LogP contribution in [-0.2, 0) is 6.61 Å². The maximum Gasteiger partial charge on any atom is 0.125 e. The van der Waals surface area contributed by atoms with Crippen LogP contribution in [0.2, 0.25) is 0 Å². The van der Waals surface area contributed by atoms with Gasteiger partial charge in [0.05, 0.1) is 6.10 Å². The Morgan fingerprint density at radius 1 is 1.00 bits per heavy atom. The normalized spacial score (nSPS) is 12.2. The minimum absolute atomic E-state index is 0.517. The van der Waals surface area contributed by atoms with Crippen LogP contribution in [-0.4, -0.2) is 5.11 Å². The highest BCUT2D eigenvalue weighted by atomic mass is 16.5. The van der Waals surface area contributed by atoms with Crippen molar-refractivity contribution in [3.05, 3.63) is 64.7 Å². The summed E-state index contributed by atoms with van der Waals surface area (Å²) < 4.78 is 5.82. The highest BCUT2D eigenvalue weighted by molar-refractivity contribution is 5.38. The fourth-order valence-electron chi connectivity index (χ4n) is 1.97. The van der Waals surface area contributed by atoms with E-state index in [4.69, 9.17) is 4.74 Å². The lowest BCUT2D eigenvalue weighted by Gasteiger charge is -2.14. The van der Waals surface area contributed by atoms with Gasteiger partial charge in [-0.25, -0.2) is 0 Å². The second-order valence-electron chi connectivity index (χ2n) is 4.99. The van der Waals surface area contributed by atoms with Gasteiger partial charge >= 0.3 is 0 Å². The molecule has 2 rings (SSSR count). The molecule has 0 aliphatic rings. The summed E-state index contributed by atoms with van der Waals surface area (Å²) in [4.78, 5) is 0. The number of aliphatic hydroxyl groups is 1. The molecule has 0 saturated heterocycles. The van der Waals surface area contributed by atoms with Crippen molar-refractivity contribution in [2.45, 2.75) is 33.5 Å². The molecule has 2 aromatic rings. The van der Waals surface area contributed by atoms with E-state index < -0.39 is 6.10 Å². The molecule has 0 saturated carbocycles. The van der Waals surface area contributed by atoms with Crippen molar-refractivity contribution in [1.29, 1.82) is 0 Å². The third-order valence-corrected chi connectivity index (χ3v) is 3.13. The summed E-state index contributed by atoms with van der Waals surface area (Å²) in [6.07, 6.45) is -0.520. The summed E-state index contributed by atoms with van der Waals surface area (Å²) in [5.41, 5.74) is 4.33. The van der Waals surface area contributed by atoms with Gasteiger partial charge in [-0.05, 0) is 38.5 Å². The van der Waals surface area contributed by atoms with E-state index in [-0.39, 0.29) is 0 Å². The Balaban J connectivity index is 2.13. The van der Waals surface area contributed by atoms with E-state index in [1.54, 1.807) is 6.92 Å². The number of hydrogen-bond acceptors (Lipinski definition) is 2. The first-order valence-corrected chi connectivity index (χ1v) is 6.53. The number of aliphatic hydroxyl groups excluding tert-OH is 1. The number of rotatable bonds is 4. The highest BCUT2D eigenvalue weighted by Crippen LogP contribution is 2.27. The van der Waals surface area contributed by atoms with Crippen LogP contribution in [0.4, 0.5) is 0 Å². The van der Waals surface area contributed by atoms with Crippen molar-refractivity contribution in [3.63, 3.8) is 0 Å². The fourth-order valence-corrected chi connectivity index (χ4v) is 1.97. The van der Waals surface area contributed by atoms with Gasteiger partial charge in [0, 0.05) is 5.56 Å². The van der Waals surface area contributed by atoms with E-state index in [9.17, 15) is 5.11 Å². The number of ether oxygens (including phenoxy) is 1. The summed E-state index contributed by atoms with van der Waals surface area (Å²) >= 11 is 0. The zero-order chi connectivity index (χ0) is 13.8. The Morgan fingerprint density at radius 3 is 2.26 bits per heavy atom. The molecule has 0 aromatic heterocycles. The molecule has 0 aliphatic carbocycles. The first kappa shape index (κ1) is 13.6. The van der Waals surface area contributed by atoms with Crippen molar-refractivity contribution in [2.75, 3.05) is 0 Å². The molecule has 2 aromatic carbocycles. The summed E-state index contributed by atoms with van der Waals surface area (Å²) in [5.74, 6) is 0.751. The van der Waals surface area contributed by atoms with Crippen LogP contribution in [0, 0.1) is 13.8 Å². The molecule has 0 amide bonds. The van der Waals surface area contributed by atoms with Gasteiger partial charge in [-0.2, -0.15) is 0 Å². The molecule has 100 valence electrons. The van der Waals surface area contributed by atoms with Crippen LogP contribution in [0.3, 0.4) is 0 Å². The maximum absolute atomic E-state index is 9.78. The molecule has 0 bridgehead atoms. The van der Waals surface area contributed by atoms with E-state index in [1.807, 2.05) is 25.1 Å². The predicted molar refractivity (Wildman–Crippen MR) is 77.3 cm³/mol. The standard InChI is InChI=1S/C17H20O2/c1-12-4-7-15(8-5-12)11-19-17-9-6-13(2)10-16(17)14(3)18/h4-10,14,18H,11H2,1-3H3. The highest BCUT2D eigenvalue weighted by Gasteiger charge is 2.09. The Kier molecular flexibility index (Phi) is 4.23. The molecule has 1 N–H and O–H groups in total. The van der Waals surface area contributed by atoms with Crippen molar-refractivity contribution in [3.8, 4) is 5.75 Å². The van der Waals surface area contributed by atoms with E-state index in [0.29, 0.717) is 6.61 Å². The molecule has 0 spiro atoms. The SMILES string of the molecule is Cc1ccc(COc2ccc(C)cc2C(C)O)cc1. The summed E-state index contributed by atoms with van der Waals surface area (Å²) in [6, 6.07) is 14.2. The minimum atomic E-state index is -0.520. The third kappa shape index (κ3) is 3.58. The van der Waals surface area contributed by atoms with Crippen molar-refractivity contribution >= 4 is 0 Å². The molecule has 19 heavy (non-hydrogen) atoms. The minimum Gasteiger partial charge on any atom is -0.489 e. The van der Waals surface area contributed by atoms with Crippen LogP contribution >= 0.6 is 0 Å². The molecule has 2 heteroatoms. The average Bonchev–Trinajstić information content (AvgIpc) is 2.39. The average molecular weight is 256 g/mol. The van der Waals surface area contributed by atoms with Crippen molar-refractivity contribution in [1.82, 2.24) is 0 Å². The number of hydrogen-bond donors (Lipinski definition) is 1. The molecule has 2 nitrogen and oxygen atoms in total. The summed E-state index contributed by atoms with van der Waals surface area (Å²) in [7, 11) is 0. The van der Waals surface area contributed by atoms with Crippen LogP contribution in [0.15, 0.2) is 42.5 Å². The lowest BCUT2D eigenvalue weighted by atomic mass is 10.1. The van der Waals surface area contributed by atoms with Gasteiger partial charge in [0.25, 0.3) is 0 Å². The molecule has 1 unspecified atom stereocenters. The number of benzene rings is 2. The van der Waals surface area contributed by atoms with Gasteiger partial charge in [0.15, 0.2) is 0 Å². The van der Waals surface area contributed by atoms with Crippen LogP contribution < -0.4 is 4.74 Å². The lowest BCUT2D eigenvalue weighted by Crippen LogP contribution is -2.01. The first-order valence-electron chi connectivity index (χ1n) is 6.53. The molecular formula is C17H20O2. The van der Waals surface area contributed by atoms with Gasteiger partial charge in [-0.15, -0.1) is 0 Å². The molecule has 0 aliphatic heterocycles. The van der Waals surface area contributed by atoms with Crippen LogP contribution in [0.5, 0.6) is 5.75 Å². The van der Waals surface area contributed by atoms with Crippen LogP contribution in [0.25, 0.3) is 0 Å². The zero-order valence-corrected chi connectivity index (χ0v) is 11.7. The van der Waals surface area contributed by atoms with Gasteiger partial charge < -0.3 is 9.84 Å². The van der Waals surface area contributed by atoms with Crippen molar-refractivity contribution in [2.24, 2.45) is 0 Å². The Hall–Kier alpha value is -1.80. The van der Waals surface area contributed by atoms with E-state index in [1.165, 1.54) is 5.56 Å². The quantitative estimate of drug-likeness (QED) is 0.898. The number of aryl methyl sites for hydroxylation is 2. The second kappa shape index (κ2) is 5.89. The molecular weight excluding hydrogens is 236 g/mol. The summed E-state index contributed by atoms with van der Waals surface area (Å²) in [6.45, 7) is 6.35. The monoisotopic (exact) mass is 256 g/mol. The molecule has 0 fully saturated rings. The Bertz CT molecular complexity index is 542. The largest absolute Gasteiger partial charge is 0.489 e. The third-order valence-electron chi connectivity index (χ3n) is 3.13. The van der Waals surface area contributed by atoms with E-state index in [2.05, 4.69) is 31.2 Å². The molecule has 0 radical (unpaired) electrons. The fraction of sp³-hybridized carbons (Fsp3) is 0.294. The maximum atomic E-state index is 9.78. The van der Waals surface area contributed by atoms with Crippen LogP contribution in [0.1, 0.15) is 35.3 Å². The van der Waals surface area contributed by atoms with Crippen molar-refractivity contribution < 1.29 is 9.84 Å². The smallest absolute Gasteiger partial charge is 0.125 e. The van der Waals surface area contributed by atoms with Gasteiger partial charge in [-0.3, -0.25) is 0 Å². The Morgan fingerprint density at radius 2 is 1.63 bits per heavy atom. The zero-order valence-electron chi connectivity index (χ0n) is 11.7. The summed E-state index contributed by atoms with van der Waals surface area (Å²) in [5, 5.41) is 9.78. The van der Waals surface area contributed by atoms with Gasteiger partial charge in [0.2, 0.25) is 0 Å². The molecule has 0 heterocycles. The lowest BCUT2D eigenvalue weighted by molar-refractivity contribution is 0.190. The first-order chi connectivity index (χ1) is 9.06. The molecule has 1 atom stereocenters. The topological polar surface area (TPSA) is 29.5 Å². The van der Waals surface area contributed by atoms with Gasteiger partial charge in [-0.1, -0.05) is 41.5 Å². The predicted octanol–water partition coefficient (Wildman–Crippen LogP) is 3.94.